The molecule has 112 valence electrons. The molecular weight excluding hydrogens is 433 g/mol. The Hall–Kier alpha value is -0.500. The summed E-state index contributed by atoms with van der Waals surface area (Å²) in [6.07, 6.45) is 3.96. The molecule has 1 aliphatic carbocycles. The van der Waals surface area contributed by atoms with Gasteiger partial charge in [-0.2, -0.15) is 0 Å². The van der Waals surface area contributed by atoms with Crippen molar-refractivity contribution in [3.05, 3.63) is 28.2 Å². The predicted octanol–water partition coefficient (Wildman–Crippen LogP) is 3.28. The van der Waals surface area contributed by atoms with E-state index in [2.05, 4.69) is 26.2 Å². The Balaban J connectivity index is 0.00000200. The monoisotopic (exact) mass is 453 g/mol. The normalized spacial score (nSPS) is 15.2. The van der Waals surface area contributed by atoms with E-state index in [0.29, 0.717) is 12.5 Å². The van der Waals surface area contributed by atoms with Crippen LogP contribution in [0.25, 0.3) is 0 Å². The van der Waals surface area contributed by atoms with Crippen LogP contribution in [0.1, 0.15) is 24.8 Å². The number of nitrogens with one attached hydrogen (secondary N) is 1. The SMILES string of the molecule is COc1ccc(Br)c(CN=C(N)NCC2CCC2)c1.I. The lowest BCUT2D eigenvalue weighted by Gasteiger charge is -2.25. The average Bonchev–Trinajstić information content (AvgIpc) is 2.36. The number of hydrogen-bond acceptors (Lipinski definition) is 2. The summed E-state index contributed by atoms with van der Waals surface area (Å²) in [5.74, 6) is 2.12. The second kappa shape index (κ2) is 8.71. The van der Waals surface area contributed by atoms with Crippen LogP contribution < -0.4 is 15.8 Å². The quantitative estimate of drug-likeness (QED) is 0.408. The molecule has 1 aliphatic rings. The van der Waals surface area contributed by atoms with Crippen LogP contribution in [-0.2, 0) is 6.54 Å². The smallest absolute Gasteiger partial charge is 0.188 e. The average molecular weight is 454 g/mol. The zero-order valence-electron chi connectivity index (χ0n) is 11.6. The van der Waals surface area contributed by atoms with E-state index in [-0.39, 0.29) is 24.0 Å². The molecule has 2 rings (SSSR count). The van der Waals surface area contributed by atoms with Gasteiger partial charge in [-0.1, -0.05) is 22.4 Å². The van der Waals surface area contributed by atoms with E-state index in [9.17, 15) is 0 Å². The van der Waals surface area contributed by atoms with Gasteiger partial charge in [0.15, 0.2) is 5.96 Å². The molecule has 0 aromatic heterocycles. The summed E-state index contributed by atoms with van der Waals surface area (Å²) in [7, 11) is 1.66. The Morgan fingerprint density at radius 1 is 1.50 bits per heavy atom. The van der Waals surface area contributed by atoms with Crippen LogP contribution in [0.4, 0.5) is 0 Å². The van der Waals surface area contributed by atoms with Gasteiger partial charge >= 0.3 is 0 Å². The maximum Gasteiger partial charge on any atom is 0.188 e. The van der Waals surface area contributed by atoms with Crippen molar-refractivity contribution in [1.29, 1.82) is 0 Å². The van der Waals surface area contributed by atoms with Crippen LogP contribution in [0.2, 0.25) is 0 Å². The van der Waals surface area contributed by atoms with Crippen LogP contribution in [0.5, 0.6) is 5.75 Å². The number of hydrogen-bond donors (Lipinski definition) is 2. The fourth-order valence-corrected chi connectivity index (χ4v) is 2.34. The summed E-state index contributed by atoms with van der Waals surface area (Å²) in [6, 6.07) is 5.84. The molecule has 20 heavy (non-hydrogen) atoms. The van der Waals surface area contributed by atoms with Gasteiger partial charge in [-0.05, 0) is 42.5 Å². The third-order valence-electron chi connectivity index (χ3n) is 3.47. The van der Waals surface area contributed by atoms with Gasteiger partial charge in [0.25, 0.3) is 0 Å². The van der Waals surface area contributed by atoms with Crippen LogP contribution in [-0.4, -0.2) is 19.6 Å². The number of benzene rings is 1. The summed E-state index contributed by atoms with van der Waals surface area (Å²) < 4.78 is 6.22. The summed E-state index contributed by atoms with van der Waals surface area (Å²) in [6.45, 7) is 1.48. The molecule has 0 amide bonds. The Kier molecular flexibility index (Phi) is 7.65. The van der Waals surface area contributed by atoms with Crippen molar-refractivity contribution in [2.24, 2.45) is 16.6 Å². The van der Waals surface area contributed by atoms with E-state index < -0.39 is 0 Å². The molecule has 0 heterocycles. The Labute approximate surface area is 145 Å². The van der Waals surface area contributed by atoms with Gasteiger partial charge in [0.1, 0.15) is 5.75 Å². The standard InChI is InChI=1S/C14H20BrN3O.HI/c1-19-12-5-6-13(15)11(7-12)9-18-14(16)17-8-10-3-2-4-10;/h5-7,10H,2-4,8-9H2,1H3,(H3,16,17,18);1H. The first-order chi connectivity index (χ1) is 9.19. The van der Waals surface area contributed by atoms with E-state index in [1.165, 1.54) is 19.3 Å². The first-order valence-electron chi connectivity index (χ1n) is 6.55. The van der Waals surface area contributed by atoms with Gasteiger partial charge in [-0.25, -0.2) is 4.99 Å². The largest absolute Gasteiger partial charge is 0.497 e. The van der Waals surface area contributed by atoms with E-state index in [0.717, 1.165) is 28.2 Å². The van der Waals surface area contributed by atoms with Crippen molar-refractivity contribution < 1.29 is 4.74 Å². The number of ether oxygens (including phenoxy) is 1. The molecular formula is C14H21BrIN3O. The zero-order chi connectivity index (χ0) is 13.7. The Morgan fingerprint density at radius 3 is 2.85 bits per heavy atom. The molecule has 0 radical (unpaired) electrons. The third-order valence-corrected chi connectivity index (χ3v) is 4.24. The van der Waals surface area contributed by atoms with Gasteiger partial charge in [-0.3, -0.25) is 0 Å². The van der Waals surface area contributed by atoms with Crippen LogP contribution in [0, 0.1) is 5.92 Å². The minimum absolute atomic E-state index is 0. The molecule has 1 fully saturated rings. The predicted molar refractivity (Wildman–Crippen MR) is 96.8 cm³/mol. The number of guanidine groups is 1. The summed E-state index contributed by atoms with van der Waals surface area (Å²) in [4.78, 5) is 4.36. The first kappa shape index (κ1) is 17.6. The van der Waals surface area contributed by atoms with E-state index >= 15 is 0 Å². The zero-order valence-corrected chi connectivity index (χ0v) is 15.5. The summed E-state index contributed by atoms with van der Waals surface area (Å²) in [5.41, 5.74) is 6.92. The van der Waals surface area contributed by atoms with Crippen LogP contribution in [0.15, 0.2) is 27.7 Å². The topological polar surface area (TPSA) is 59.6 Å². The second-order valence-electron chi connectivity index (χ2n) is 4.84. The van der Waals surface area contributed by atoms with Gasteiger partial charge in [0.05, 0.1) is 13.7 Å². The Bertz CT molecular complexity index is 464. The highest BCUT2D eigenvalue weighted by atomic mass is 127. The number of rotatable bonds is 5. The molecule has 1 aromatic carbocycles. The van der Waals surface area contributed by atoms with Gasteiger partial charge in [0, 0.05) is 11.0 Å². The molecule has 1 saturated carbocycles. The molecule has 6 heteroatoms. The molecule has 0 unspecified atom stereocenters. The number of halogens is 2. The fraction of sp³-hybridized carbons (Fsp3) is 0.500. The number of aliphatic imine (C=N–C) groups is 1. The molecule has 0 spiro atoms. The second-order valence-corrected chi connectivity index (χ2v) is 5.69. The van der Waals surface area contributed by atoms with Crippen molar-refractivity contribution in [2.45, 2.75) is 25.8 Å². The minimum atomic E-state index is 0. The number of nitrogens with two attached hydrogens (primary N) is 1. The number of nitrogens with zero attached hydrogens (tertiary/aromatic N) is 1. The fourth-order valence-electron chi connectivity index (χ4n) is 1.97. The molecule has 0 aliphatic heterocycles. The lowest BCUT2D eigenvalue weighted by atomic mass is 9.85. The van der Waals surface area contributed by atoms with Crippen molar-refractivity contribution >= 4 is 45.9 Å². The molecule has 0 saturated heterocycles. The van der Waals surface area contributed by atoms with Crippen molar-refractivity contribution in [2.75, 3.05) is 13.7 Å². The summed E-state index contributed by atoms with van der Waals surface area (Å²) in [5, 5.41) is 3.18. The first-order valence-corrected chi connectivity index (χ1v) is 7.34. The van der Waals surface area contributed by atoms with Crippen LogP contribution in [0.3, 0.4) is 0 Å². The molecule has 1 aromatic rings. The third kappa shape index (κ3) is 5.12. The summed E-state index contributed by atoms with van der Waals surface area (Å²) >= 11 is 3.51. The number of methoxy groups -OCH3 is 1. The van der Waals surface area contributed by atoms with E-state index in [1.807, 2.05) is 18.2 Å². The van der Waals surface area contributed by atoms with E-state index in [4.69, 9.17) is 10.5 Å². The lowest BCUT2D eigenvalue weighted by Crippen LogP contribution is -2.37. The van der Waals surface area contributed by atoms with Gasteiger partial charge < -0.3 is 15.8 Å². The Morgan fingerprint density at radius 2 is 2.25 bits per heavy atom. The molecule has 0 atom stereocenters. The minimum Gasteiger partial charge on any atom is -0.497 e. The van der Waals surface area contributed by atoms with Crippen molar-refractivity contribution in [3.63, 3.8) is 0 Å². The lowest BCUT2D eigenvalue weighted by molar-refractivity contribution is 0.315. The van der Waals surface area contributed by atoms with Gasteiger partial charge in [-0.15, -0.1) is 24.0 Å². The van der Waals surface area contributed by atoms with Crippen molar-refractivity contribution in [3.8, 4) is 5.75 Å². The molecule has 3 N–H and O–H groups in total. The van der Waals surface area contributed by atoms with Crippen LogP contribution >= 0.6 is 39.9 Å². The molecule has 4 nitrogen and oxygen atoms in total. The highest BCUT2D eigenvalue weighted by molar-refractivity contribution is 14.0. The van der Waals surface area contributed by atoms with E-state index in [1.54, 1.807) is 7.11 Å². The maximum absolute atomic E-state index is 5.86. The highest BCUT2D eigenvalue weighted by Gasteiger charge is 2.16. The highest BCUT2D eigenvalue weighted by Crippen LogP contribution is 2.25. The molecule has 0 bridgehead atoms. The van der Waals surface area contributed by atoms with Gasteiger partial charge in [0.2, 0.25) is 0 Å². The maximum atomic E-state index is 5.86. The van der Waals surface area contributed by atoms with Crippen molar-refractivity contribution in [1.82, 2.24) is 5.32 Å².